The van der Waals surface area contributed by atoms with Crippen molar-refractivity contribution in [2.45, 2.75) is 44.3 Å². The lowest BCUT2D eigenvalue weighted by atomic mass is 9.79. The topological polar surface area (TPSA) is 27.7 Å². The van der Waals surface area contributed by atoms with Gasteiger partial charge in [-0.05, 0) is 84.5 Å². The minimum absolute atomic E-state index is 0.352. The number of para-hydroxylation sites is 2. The van der Waals surface area contributed by atoms with E-state index in [0.717, 1.165) is 55.1 Å². The lowest BCUT2D eigenvalue weighted by Gasteiger charge is -2.27. The normalized spacial score (nSPS) is 19.9. The molecule has 2 heterocycles. The molecule has 3 aromatic rings. The zero-order valence-corrected chi connectivity index (χ0v) is 16.4. The van der Waals surface area contributed by atoms with Crippen LogP contribution in [-0.2, 0) is 19.3 Å². The molecule has 3 aromatic carbocycles. The molecule has 0 amide bonds. The SMILES string of the molecule is c1ccc2c(c1)OC(c1ccc3c(c1)CC(c1ccc4c(c1)OCCC4)CC3)O2. The van der Waals surface area contributed by atoms with Gasteiger partial charge in [0.1, 0.15) is 5.75 Å². The van der Waals surface area contributed by atoms with E-state index in [1.807, 2.05) is 24.3 Å². The molecule has 6 rings (SSSR count). The summed E-state index contributed by atoms with van der Waals surface area (Å²) in [5.41, 5.74) is 6.72. The number of hydrogen-bond donors (Lipinski definition) is 0. The van der Waals surface area contributed by atoms with Crippen molar-refractivity contribution in [2.24, 2.45) is 0 Å². The minimum Gasteiger partial charge on any atom is -0.493 e. The van der Waals surface area contributed by atoms with Crippen LogP contribution in [-0.4, -0.2) is 6.61 Å². The van der Waals surface area contributed by atoms with Gasteiger partial charge in [-0.25, -0.2) is 0 Å². The summed E-state index contributed by atoms with van der Waals surface area (Å²) >= 11 is 0. The average molecular weight is 384 g/mol. The van der Waals surface area contributed by atoms with Crippen LogP contribution < -0.4 is 14.2 Å². The highest BCUT2D eigenvalue weighted by atomic mass is 16.7. The average Bonchev–Trinajstić information content (AvgIpc) is 3.22. The molecule has 3 heteroatoms. The second-order valence-corrected chi connectivity index (χ2v) is 8.30. The largest absolute Gasteiger partial charge is 0.493 e. The molecule has 1 unspecified atom stereocenters. The maximum absolute atomic E-state index is 6.02. The van der Waals surface area contributed by atoms with E-state index >= 15 is 0 Å². The summed E-state index contributed by atoms with van der Waals surface area (Å²) in [7, 11) is 0. The molecule has 0 saturated heterocycles. The van der Waals surface area contributed by atoms with Crippen molar-refractivity contribution in [3.8, 4) is 17.2 Å². The Hall–Kier alpha value is -2.94. The van der Waals surface area contributed by atoms with Gasteiger partial charge in [0, 0.05) is 5.56 Å². The van der Waals surface area contributed by atoms with Crippen LogP contribution in [0.1, 0.15) is 52.9 Å². The predicted molar refractivity (Wildman–Crippen MR) is 112 cm³/mol. The minimum atomic E-state index is -0.352. The first-order valence-corrected chi connectivity index (χ1v) is 10.6. The summed E-state index contributed by atoms with van der Waals surface area (Å²) in [5, 5.41) is 0. The molecule has 29 heavy (non-hydrogen) atoms. The van der Waals surface area contributed by atoms with E-state index in [-0.39, 0.29) is 6.29 Å². The Morgan fingerprint density at radius 3 is 2.34 bits per heavy atom. The van der Waals surface area contributed by atoms with Crippen molar-refractivity contribution in [1.82, 2.24) is 0 Å². The molecule has 1 atom stereocenters. The van der Waals surface area contributed by atoms with E-state index in [4.69, 9.17) is 14.2 Å². The first-order valence-electron chi connectivity index (χ1n) is 10.6. The third-order valence-corrected chi connectivity index (χ3v) is 6.46. The summed E-state index contributed by atoms with van der Waals surface area (Å²) in [4.78, 5) is 0. The summed E-state index contributed by atoms with van der Waals surface area (Å²) in [5.74, 6) is 3.28. The monoisotopic (exact) mass is 384 g/mol. The maximum Gasteiger partial charge on any atom is 0.267 e. The van der Waals surface area contributed by atoms with E-state index in [9.17, 15) is 0 Å². The number of ether oxygens (including phenoxy) is 3. The summed E-state index contributed by atoms with van der Waals surface area (Å²) in [6.07, 6.45) is 5.27. The van der Waals surface area contributed by atoms with Gasteiger partial charge >= 0.3 is 0 Å². The standard InChI is InChI=1S/C26H24O3/c1-2-6-24-23(5-1)28-26(29-24)21-12-8-17-7-10-19(14-22(17)15-21)20-11-9-18-4-3-13-27-25(18)16-20/h1-2,5-6,8-9,11-12,15-16,19,26H,3-4,7,10,13-14H2. The van der Waals surface area contributed by atoms with E-state index in [2.05, 4.69) is 36.4 Å². The zero-order chi connectivity index (χ0) is 19.2. The lowest BCUT2D eigenvalue weighted by Crippen LogP contribution is -2.16. The number of benzene rings is 3. The summed E-state index contributed by atoms with van der Waals surface area (Å²) < 4.78 is 17.9. The van der Waals surface area contributed by atoms with Gasteiger partial charge in [-0.3, -0.25) is 0 Å². The first-order chi connectivity index (χ1) is 14.3. The molecule has 0 fully saturated rings. The van der Waals surface area contributed by atoms with Crippen molar-refractivity contribution in [3.63, 3.8) is 0 Å². The molecule has 0 bridgehead atoms. The van der Waals surface area contributed by atoms with E-state index in [1.54, 1.807) is 0 Å². The van der Waals surface area contributed by atoms with Crippen molar-refractivity contribution < 1.29 is 14.2 Å². The van der Waals surface area contributed by atoms with Gasteiger partial charge < -0.3 is 14.2 Å². The predicted octanol–water partition coefficient (Wildman–Crippen LogP) is 5.75. The third-order valence-electron chi connectivity index (χ3n) is 6.46. The molecular weight excluding hydrogens is 360 g/mol. The van der Waals surface area contributed by atoms with E-state index < -0.39 is 0 Å². The van der Waals surface area contributed by atoms with Crippen LogP contribution in [0.2, 0.25) is 0 Å². The van der Waals surface area contributed by atoms with E-state index in [1.165, 1.54) is 28.7 Å². The fraction of sp³-hybridized carbons (Fsp3) is 0.308. The first kappa shape index (κ1) is 17.0. The number of fused-ring (bicyclic) bond motifs is 3. The molecular formula is C26H24O3. The number of hydrogen-bond acceptors (Lipinski definition) is 3. The molecule has 0 radical (unpaired) electrons. The Morgan fingerprint density at radius 2 is 1.48 bits per heavy atom. The summed E-state index contributed by atoms with van der Waals surface area (Å²) in [6.45, 7) is 0.844. The zero-order valence-electron chi connectivity index (χ0n) is 16.4. The van der Waals surface area contributed by atoms with Crippen molar-refractivity contribution in [2.75, 3.05) is 6.61 Å². The van der Waals surface area contributed by atoms with Gasteiger partial charge in [0.2, 0.25) is 0 Å². The lowest BCUT2D eigenvalue weighted by molar-refractivity contribution is 0.0486. The third kappa shape index (κ3) is 3.05. The quantitative estimate of drug-likeness (QED) is 0.563. The van der Waals surface area contributed by atoms with Crippen molar-refractivity contribution >= 4 is 0 Å². The van der Waals surface area contributed by atoms with Crippen LogP contribution in [0.25, 0.3) is 0 Å². The Labute approximate surface area is 171 Å². The van der Waals surface area contributed by atoms with Crippen molar-refractivity contribution in [3.05, 3.63) is 88.5 Å². The molecule has 0 aromatic heterocycles. The highest BCUT2D eigenvalue weighted by Crippen LogP contribution is 2.41. The van der Waals surface area contributed by atoms with Gasteiger partial charge in [-0.2, -0.15) is 0 Å². The van der Waals surface area contributed by atoms with Crippen LogP contribution >= 0.6 is 0 Å². The smallest absolute Gasteiger partial charge is 0.267 e. The Kier molecular flexibility index (Phi) is 4.00. The van der Waals surface area contributed by atoms with Gasteiger partial charge in [-0.15, -0.1) is 0 Å². The molecule has 146 valence electrons. The van der Waals surface area contributed by atoms with Crippen LogP contribution in [0.15, 0.2) is 60.7 Å². The van der Waals surface area contributed by atoms with Gasteiger partial charge in [0.25, 0.3) is 6.29 Å². The highest BCUT2D eigenvalue weighted by Gasteiger charge is 2.28. The van der Waals surface area contributed by atoms with Crippen LogP contribution in [0.5, 0.6) is 17.2 Å². The second-order valence-electron chi connectivity index (χ2n) is 8.30. The second kappa shape index (κ2) is 6.84. The van der Waals surface area contributed by atoms with Crippen LogP contribution in [0, 0.1) is 0 Å². The van der Waals surface area contributed by atoms with Crippen LogP contribution in [0.3, 0.4) is 0 Å². The van der Waals surface area contributed by atoms with Gasteiger partial charge in [0.05, 0.1) is 6.61 Å². The fourth-order valence-corrected chi connectivity index (χ4v) is 4.85. The molecule has 0 spiro atoms. The molecule has 0 saturated carbocycles. The molecule has 1 aliphatic carbocycles. The fourth-order valence-electron chi connectivity index (χ4n) is 4.85. The van der Waals surface area contributed by atoms with Crippen LogP contribution in [0.4, 0.5) is 0 Å². The Morgan fingerprint density at radius 1 is 0.690 bits per heavy atom. The van der Waals surface area contributed by atoms with E-state index in [0.29, 0.717) is 5.92 Å². The molecule has 3 nitrogen and oxygen atoms in total. The molecule has 0 N–H and O–H groups in total. The highest BCUT2D eigenvalue weighted by molar-refractivity contribution is 5.45. The number of rotatable bonds is 2. The van der Waals surface area contributed by atoms with Gasteiger partial charge in [-0.1, -0.05) is 36.4 Å². The Balaban J connectivity index is 1.25. The molecule has 2 aliphatic heterocycles. The van der Waals surface area contributed by atoms with Crippen molar-refractivity contribution in [1.29, 1.82) is 0 Å². The molecule has 3 aliphatic rings. The van der Waals surface area contributed by atoms with Gasteiger partial charge in [0.15, 0.2) is 11.5 Å². The maximum atomic E-state index is 6.02. The number of aryl methyl sites for hydroxylation is 2. The Bertz CT molecular complexity index is 1050. The summed E-state index contributed by atoms with van der Waals surface area (Å²) in [6, 6.07) is 21.4.